The van der Waals surface area contributed by atoms with Crippen molar-refractivity contribution in [2.24, 2.45) is 0 Å². The van der Waals surface area contributed by atoms with Crippen molar-refractivity contribution in [1.29, 1.82) is 0 Å². The van der Waals surface area contributed by atoms with Crippen LogP contribution in [0, 0.1) is 18.2 Å². The van der Waals surface area contributed by atoms with Gasteiger partial charge in [-0.3, -0.25) is 4.79 Å². The molecule has 0 aliphatic heterocycles. The van der Waals surface area contributed by atoms with Crippen LogP contribution in [0.4, 0.5) is 4.39 Å². The average molecular weight is 392 g/mol. The Kier molecular flexibility index (Phi) is 4.88. The van der Waals surface area contributed by atoms with Crippen LogP contribution in [0.25, 0.3) is 5.69 Å². The molecule has 0 saturated heterocycles. The van der Waals surface area contributed by atoms with Crippen LogP contribution in [0.2, 0.25) is 10.0 Å². The zero-order valence-electron chi connectivity index (χ0n) is 10.2. The number of hydrogen-bond donors (Lipinski definition) is 0. The van der Waals surface area contributed by atoms with E-state index < -0.39 is 11.4 Å². The summed E-state index contributed by atoms with van der Waals surface area (Å²) in [4.78, 5) is 12.0. The van der Waals surface area contributed by atoms with E-state index in [1.54, 1.807) is 0 Å². The molecule has 2 rings (SSSR count). The van der Waals surface area contributed by atoms with Crippen molar-refractivity contribution in [1.82, 2.24) is 9.78 Å². The molecule has 0 fully saturated rings. The Labute approximate surface area is 137 Å². The van der Waals surface area contributed by atoms with Gasteiger partial charge in [0.25, 0.3) is 5.56 Å². The van der Waals surface area contributed by atoms with Crippen LogP contribution < -0.4 is 10.3 Å². The summed E-state index contributed by atoms with van der Waals surface area (Å²) >= 11 is 14.7. The van der Waals surface area contributed by atoms with E-state index >= 15 is 0 Å². The third-order valence-corrected chi connectivity index (χ3v) is 3.91. The minimum absolute atomic E-state index is 0.0303. The second-order valence-electron chi connectivity index (χ2n) is 3.75. The number of aromatic nitrogens is 2. The van der Waals surface area contributed by atoms with E-state index in [4.69, 9.17) is 34.4 Å². The van der Waals surface area contributed by atoms with Gasteiger partial charge in [-0.2, -0.15) is 9.78 Å². The minimum atomic E-state index is -0.749. The Morgan fingerprint density at radius 2 is 2.19 bits per heavy atom. The molecule has 0 aliphatic rings. The molecular weight excluding hydrogens is 386 g/mol. The Morgan fingerprint density at radius 3 is 2.86 bits per heavy atom. The first-order chi connectivity index (χ1) is 9.95. The van der Waals surface area contributed by atoms with Gasteiger partial charge in [0.2, 0.25) is 0 Å². The molecule has 2 aromatic rings. The van der Waals surface area contributed by atoms with E-state index in [1.165, 1.54) is 12.3 Å². The van der Waals surface area contributed by atoms with E-state index in [1.807, 2.05) is 0 Å². The predicted molar refractivity (Wildman–Crippen MR) is 81.8 cm³/mol. The Balaban J connectivity index is 2.62. The number of nitrogens with zero attached hydrogens (tertiary/aromatic N) is 2. The van der Waals surface area contributed by atoms with Gasteiger partial charge in [-0.1, -0.05) is 29.1 Å². The van der Waals surface area contributed by atoms with Crippen LogP contribution in [-0.2, 0) is 0 Å². The van der Waals surface area contributed by atoms with Gasteiger partial charge in [-0.25, -0.2) is 4.39 Å². The van der Waals surface area contributed by atoms with Crippen LogP contribution in [0.3, 0.4) is 0 Å². The molecule has 1 aromatic heterocycles. The fraction of sp³-hybridized carbons (Fsp3) is 0.0769. The summed E-state index contributed by atoms with van der Waals surface area (Å²) in [5, 5.41) is 3.73. The maximum absolute atomic E-state index is 14.0. The number of benzene rings is 1. The van der Waals surface area contributed by atoms with Crippen molar-refractivity contribution in [2.75, 3.05) is 6.61 Å². The monoisotopic (exact) mass is 390 g/mol. The first kappa shape index (κ1) is 15.8. The highest BCUT2D eigenvalue weighted by Gasteiger charge is 2.15. The van der Waals surface area contributed by atoms with Gasteiger partial charge in [0, 0.05) is 6.07 Å². The fourth-order valence-electron chi connectivity index (χ4n) is 1.49. The van der Waals surface area contributed by atoms with Crippen molar-refractivity contribution >= 4 is 39.1 Å². The highest BCUT2D eigenvalue weighted by atomic mass is 79.9. The summed E-state index contributed by atoms with van der Waals surface area (Å²) in [5.41, 5.74) is -0.832. The lowest BCUT2D eigenvalue weighted by atomic mass is 10.3. The normalized spacial score (nSPS) is 10.2. The van der Waals surface area contributed by atoms with E-state index in [0.717, 1.165) is 10.7 Å². The van der Waals surface area contributed by atoms with Crippen molar-refractivity contribution in [2.45, 2.75) is 0 Å². The average Bonchev–Trinajstić information content (AvgIpc) is 2.45. The molecule has 1 aromatic carbocycles. The summed E-state index contributed by atoms with van der Waals surface area (Å²) in [6, 6.07) is 2.24. The number of halogens is 4. The molecule has 108 valence electrons. The lowest BCUT2D eigenvalue weighted by Crippen LogP contribution is -2.22. The second-order valence-corrected chi connectivity index (χ2v) is 5.39. The van der Waals surface area contributed by atoms with Crippen LogP contribution in [0.15, 0.2) is 27.6 Å². The second kappa shape index (κ2) is 6.48. The lowest BCUT2D eigenvalue weighted by Gasteiger charge is -2.11. The minimum Gasteiger partial charge on any atom is -0.479 e. The molecule has 8 heteroatoms. The molecular formula is C13H6BrCl2FN2O2. The highest BCUT2D eigenvalue weighted by molar-refractivity contribution is 9.10. The van der Waals surface area contributed by atoms with Gasteiger partial charge in [0.05, 0.1) is 15.7 Å². The van der Waals surface area contributed by atoms with Crippen LogP contribution in [0.5, 0.6) is 5.75 Å². The van der Waals surface area contributed by atoms with Crippen molar-refractivity contribution in [3.05, 3.63) is 49.0 Å². The van der Waals surface area contributed by atoms with Gasteiger partial charge in [-0.05, 0) is 22.0 Å². The standard InChI is InChI=1S/C13H6BrCl2FN2O2/c1-2-3-21-11-5-10(9(17)4-8(11)15)19-13(20)12(16)7(14)6-18-19/h1,4-6H,3H2. The highest BCUT2D eigenvalue weighted by Crippen LogP contribution is 2.29. The molecule has 0 saturated carbocycles. The maximum atomic E-state index is 14.0. The molecule has 0 aliphatic carbocycles. The van der Waals surface area contributed by atoms with Crippen molar-refractivity contribution in [3.8, 4) is 23.8 Å². The topological polar surface area (TPSA) is 44.1 Å². The fourth-order valence-corrected chi connectivity index (χ4v) is 2.09. The molecule has 0 amide bonds. The maximum Gasteiger partial charge on any atom is 0.291 e. The lowest BCUT2D eigenvalue weighted by molar-refractivity contribution is 0.369. The molecule has 0 radical (unpaired) electrons. The summed E-state index contributed by atoms with van der Waals surface area (Å²) in [6.07, 6.45) is 6.36. The summed E-state index contributed by atoms with van der Waals surface area (Å²) < 4.78 is 20.3. The van der Waals surface area contributed by atoms with Gasteiger partial charge in [0.15, 0.2) is 5.82 Å². The molecule has 1 heterocycles. The number of ether oxygens (including phenoxy) is 1. The SMILES string of the molecule is C#CCOc1cc(-n2ncc(Br)c(Cl)c2=O)c(F)cc1Cl. The largest absolute Gasteiger partial charge is 0.479 e. The predicted octanol–water partition coefficient (Wildman–Crippen LogP) is 3.45. The first-order valence-electron chi connectivity index (χ1n) is 5.44. The number of terminal acetylenes is 1. The van der Waals surface area contributed by atoms with Gasteiger partial charge in [0.1, 0.15) is 23.1 Å². The molecule has 0 spiro atoms. The van der Waals surface area contributed by atoms with Crippen molar-refractivity contribution in [3.63, 3.8) is 0 Å². The molecule has 4 nitrogen and oxygen atoms in total. The third kappa shape index (κ3) is 3.21. The number of rotatable bonds is 3. The summed E-state index contributed by atoms with van der Waals surface area (Å²) in [6.45, 7) is -0.0474. The Bertz CT molecular complexity index is 802. The molecule has 0 N–H and O–H groups in total. The number of hydrogen-bond acceptors (Lipinski definition) is 3. The quantitative estimate of drug-likeness (QED) is 0.752. The smallest absolute Gasteiger partial charge is 0.291 e. The van der Waals surface area contributed by atoms with Gasteiger partial charge >= 0.3 is 0 Å². The van der Waals surface area contributed by atoms with E-state index in [9.17, 15) is 9.18 Å². The van der Waals surface area contributed by atoms with Gasteiger partial charge in [-0.15, -0.1) is 6.42 Å². The summed E-state index contributed by atoms with van der Waals surface area (Å²) in [5.74, 6) is 1.65. The third-order valence-electron chi connectivity index (χ3n) is 2.42. The van der Waals surface area contributed by atoms with Gasteiger partial charge < -0.3 is 4.74 Å². The summed E-state index contributed by atoms with van der Waals surface area (Å²) in [7, 11) is 0. The van der Waals surface area contributed by atoms with Crippen LogP contribution in [0.1, 0.15) is 0 Å². The Hall–Kier alpha value is -1.55. The Morgan fingerprint density at radius 1 is 1.48 bits per heavy atom. The van der Waals surface area contributed by atoms with E-state index in [2.05, 4.69) is 26.9 Å². The van der Waals surface area contributed by atoms with E-state index in [-0.39, 0.29) is 28.1 Å². The zero-order valence-corrected chi connectivity index (χ0v) is 13.3. The zero-order chi connectivity index (χ0) is 15.6. The first-order valence-corrected chi connectivity index (χ1v) is 6.99. The molecule has 0 unspecified atom stereocenters. The molecule has 21 heavy (non-hydrogen) atoms. The van der Waals surface area contributed by atoms with E-state index in [0.29, 0.717) is 4.47 Å². The van der Waals surface area contributed by atoms with Crippen molar-refractivity contribution < 1.29 is 9.13 Å². The molecule has 0 bridgehead atoms. The van der Waals surface area contributed by atoms with Crippen LogP contribution >= 0.6 is 39.1 Å². The molecule has 0 atom stereocenters. The van der Waals surface area contributed by atoms with Crippen LogP contribution in [-0.4, -0.2) is 16.4 Å².